The van der Waals surface area contributed by atoms with Gasteiger partial charge in [-0.05, 0) is 43.2 Å². The van der Waals surface area contributed by atoms with E-state index >= 15 is 0 Å². The highest BCUT2D eigenvalue weighted by Gasteiger charge is 2.36. The van der Waals surface area contributed by atoms with Crippen molar-refractivity contribution in [2.75, 3.05) is 17.2 Å². The summed E-state index contributed by atoms with van der Waals surface area (Å²) in [6.45, 7) is 3.25. The molecule has 0 radical (unpaired) electrons. The summed E-state index contributed by atoms with van der Waals surface area (Å²) in [7, 11) is 0. The van der Waals surface area contributed by atoms with E-state index in [0.717, 1.165) is 17.2 Å². The molecule has 2 aromatic carbocycles. The second-order valence-electron chi connectivity index (χ2n) is 7.67. The zero-order valence-corrected chi connectivity index (χ0v) is 19.3. The van der Waals surface area contributed by atoms with Crippen LogP contribution in [0.15, 0.2) is 54.9 Å². The van der Waals surface area contributed by atoms with Crippen molar-refractivity contribution in [1.82, 2.24) is 4.98 Å². The Labute approximate surface area is 204 Å². The summed E-state index contributed by atoms with van der Waals surface area (Å²) in [6.07, 6.45) is -3.81. The number of aromatic nitrogens is 1. The number of nitrogens with zero attached hydrogens (tertiary/aromatic N) is 1. The Balaban J connectivity index is 1.86. The first-order chi connectivity index (χ1) is 17.0. The van der Waals surface area contributed by atoms with Gasteiger partial charge >= 0.3 is 12.3 Å². The minimum absolute atomic E-state index is 0.104. The third-order valence-electron chi connectivity index (χ3n) is 5.10. The standard InChI is InChI=1S/C25H22F3N3O5/c1-3-36-22-11-20(31-24(34)35)19(10-18(22)25(26,27)28)30-23(33)12-21(32)16-6-4-5-15(9-16)17-13-29-8-7-14(17)2/h4-11,13,31H,3,12H2,1-2H3,(H,30,33)(H,34,35). The van der Waals surface area contributed by atoms with Crippen LogP contribution in [0.4, 0.5) is 29.3 Å². The summed E-state index contributed by atoms with van der Waals surface area (Å²) in [5.74, 6) is -2.11. The SMILES string of the molecule is CCOc1cc(NC(=O)O)c(NC(=O)CC(=O)c2cccc(-c3cnccc3C)c2)cc1C(F)(F)F. The number of amides is 2. The van der Waals surface area contributed by atoms with Crippen molar-refractivity contribution in [1.29, 1.82) is 0 Å². The molecule has 8 nitrogen and oxygen atoms in total. The van der Waals surface area contributed by atoms with E-state index in [1.807, 2.05) is 18.3 Å². The molecular weight excluding hydrogens is 479 g/mol. The third-order valence-corrected chi connectivity index (χ3v) is 5.10. The van der Waals surface area contributed by atoms with E-state index in [-0.39, 0.29) is 17.9 Å². The van der Waals surface area contributed by atoms with Gasteiger partial charge in [0.2, 0.25) is 5.91 Å². The van der Waals surface area contributed by atoms with Crippen molar-refractivity contribution in [3.8, 4) is 16.9 Å². The minimum Gasteiger partial charge on any atom is -0.493 e. The summed E-state index contributed by atoms with van der Waals surface area (Å²) in [4.78, 5) is 40.6. The molecule has 1 heterocycles. The number of nitrogens with one attached hydrogen (secondary N) is 2. The van der Waals surface area contributed by atoms with Crippen molar-refractivity contribution in [3.05, 3.63) is 71.5 Å². The number of anilines is 2. The molecule has 0 aliphatic rings. The molecule has 0 aliphatic carbocycles. The van der Waals surface area contributed by atoms with Crippen LogP contribution in [-0.4, -0.2) is 34.5 Å². The fraction of sp³-hybridized carbons (Fsp3) is 0.200. The van der Waals surface area contributed by atoms with Crippen molar-refractivity contribution < 1.29 is 37.4 Å². The van der Waals surface area contributed by atoms with Gasteiger partial charge < -0.3 is 15.2 Å². The average Bonchev–Trinajstić information content (AvgIpc) is 2.80. The Morgan fingerprint density at radius 1 is 1.06 bits per heavy atom. The molecule has 36 heavy (non-hydrogen) atoms. The lowest BCUT2D eigenvalue weighted by molar-refractivity contribution is -0.138. The van der Waals surface area contributed by atoms with Gasteiger partial charge in [0, 0.05) is 29.6 Å². The molecule has 0 saturated heterocycles. The number of pyridine rings is 1. The number of Topliss-reactive ketones (excluding diaryl/α,β-unsaturated/α-hetero) is 1. The first kappa shape index (κ1) is 26.2. The maximum atomic E-state index is 13.5. The van der Waals surface area contributed by atoms with E-state index < -0.39 is 47.4 Å². The van der Waals surface area contributed by atoms with Gasteiger partial charge in [0.1, 0.15) is 5.75 Å². The van der Waals surface area contributed by atoms with Crippen LogP contribution in [0, 0.1) is 6.92 Å². The van der Waals surface area contributed by atoms with Crippen LogP contribution < -0.4 is 15.4 Å². The highest BCUT2D eigenvalue weighted by atomic mass is 19.4. The molecule has 188 valence electrons. The highest BCUT2D eigenvalue weighted by Crippen LogP contribution is 2.41. The van der Waals surface area contributed by atoms with Gasteiger partial charge in [-0.3, -0.25) is 19.9 Å². The van der Waals surface area contributed by atoms with Crippen LogP contribution >= 0.6 is 0 Å². The molecule has 0 unspecified atom stereocenters. The van der Waals surface area contributed by atoms with Crippen molar-refractivity contribution in [2.24, 2.45) is 0 Å². The summed E-state index contributed by atoms with van der Waals surface area (Å²) in [5, 5.41) is 13.2. The summed E-state index contributed by atoms with van der Waals surface area (Å²) in [6, 6.07) is 9.73. The molecule has 11 heteroatoms. The van der Waals surface area contributed by atoms with E-state index in [1.165, 1.54) is 13.0 Å². The average molecular weight is 501 g/mol. The third kappa shape index (κ3) is 6.38. The van der Waals surface area contributed by atoms with Gasteiger partial charge in [-0.1, -0.05) is 18.2 Å². The van der Waals surface area contributed by atoms with Crippen LogP contribution in [0.5, 0.6) is 5.75 Å². The predicted molar refractivity (Wildman–Crippen MR) is 126 cm³/mol. The highest BCUT2D eigenvalue weighted by molar-refractivity contribution is 6.12. The number of halogens is 3. The molecule has 0 spiro atoms. The number of benzene rings is 2. The Morgan fingerprint density at radius 2 is 1.78 bits per heavy atom. The number of alkyl halides is 3. The topological polar surface area (TPSA) is 118 Å². The fourth-order valence-corrected chi connectivity index (χ4v) is 3.47. The Hall–Kier alpha value is -4.41. The molecule has 2 amide bonds. The fourth-order valence-electron chi connectivity index (χ4n) is 3.47. The number of hydrogen-bond acceptors (Lipinski definition) is 5. The van der Waals surface area contributed by atoms with Crippen molar-refractivity contribution >= 4 is 29.2 Å². The van der Waals surface area contributed by atoms with E-state index in [2.05, 4.69) is 10.3 Å². The molecule has 0 saturated carbocycles. The van der Waals surface area contributed by atoms with Crippen LogP contribution in [0.2, 0.25) is 0 Å². The lowest BCUT2D eigenvalue weighted by Crippen LogP contribution is -2.20. The zero-order valence-electron chi connectivity index (χ0n) is 19.3. The smallest absolute Gasteiger partial charge is 0.420 e. The van der Waals surface area contributed by atoms with E-state index in [0.29, 0.717) is 11.6 Å². The molecular formula is C25H22F3N3O5. The molecule has 0 fully saturated rings. The number of ether oxygens (including phenoxy) is 1. The largest absolute Gasteiger partial charge is 0.493 e. The van der Waals surface area contributed by atoms with E-state index in [1.54, 1.807) is 30.6 Å². The van der Waals surface area contributed by atoms with Gasteiger partial charge in [0.15, 0.2) is 5.78 Å². The molecule has 1 aromatic heterocycles. The molecule has 3 N–H and O–H groups in total. The Kier molecular flexibility index (Phi) is 7.93. The molecule has 3 aromatic rings. The van der Waals surface area contributed by atoms with E-state index in [4.69, 9.17) is 9.84 Å². The number of hydrogen-bond donors (Lipinski definition) is 3. The monoisotopic (exact) mass is 501 g/mol. The van der Waals surface area contributed by atoms with Crippen LogP contribution in [-0.2, 0) is 11.0 Å². The van der Waals surface area contributed by atoms with Crippen LogP contribution in [0.3, 0.4) is 0 Å². The van der Waals surface area contributed by atoms with Gasteiger partial charge in [0.25, 0.3) is 0 Å². The summed E-state index contributed by atoms with van der Waals surface area (Å²) >= 11 is 0. The lowest BCUT2D eigenvalue weighted by atomic mass is 9.98. The van der Waals surface area contributed by atoms with Crippen molar-refractivity contribution in [3.63, 3.8) is 0 Å². The van der Waals surface area contributed by atoms with Gasteiger partial charge in [-0.15, -0.1) is 0 Å². The van der Waals surface area contributed by atoms with E-state index in [9.17, 15) is 27.6 Å². The number of ketones is 1. The normalized spacial score (nSPS) is 11.0. The van der Waals surface area contributed by atoms with Crippen LogP contribution in [0.25, 0.3) is 11.1 Å². The first-order valence-electron chi connectivity index (χ1n) is 10.7. The summed E-state index contributed by atoms with van der Waals surface area (Å²) in [5.41, 5.74) is 0.649. The predicted octanol–water partition coefficient (Wildman–Crippen LogP) is 5.78. The van der Waals surface area contributed by atoms with Crippen LogP contribution in [0.1, 0.15) is 34.8 Å². The molecule has 0 atom stereocenters. The number of aryl methyl sites for hydroxylation is 1. The van der Waals surface area contributed by atoms with Crippen molar-refractivity contribution in [2.45, 2.75) is 26.4 Å². The number of carbonyl (C=O) groups is 3. The Bertz CT molecular complexity index is 1310. The molecule has 0 aliphatic heterocycles. The summed E-state index contributed by atoms with van der Waals surface area (Å²) < 4.78 is 45.6. The maximum absolute atomic E-state index is 13.5. The number of rotatable bonds is 8. The molecule has 3 rings (SSSR count). The minimum atomic E-state index is -4.84. The quantitative estimate of drug-likeness (QED) is 0.266. The molecule has 0 bridgehead atoms. The Morgan fingerprint density at radius 3 is 2.42 bits per heavy atom. The number of carbonyl (C=O) groups excluding carboxylic acids is 2. The van der Waals surface area contributed by atoms with Gasteiger partial charge in [-0.2, -0.15) is 13.2 Å². The van der Waals surface area contributed by atoms with Gasteiger partial charge in [-0.25, -0.2) is 4.79 Å². The second kappa shape index (κ2) is 10.9. The maximum Gasteiger partial charge on any atom is 0.420 e. The zero-order chi connectivity index (χ0) is 26.5. The van der Waals surface area contributed by atoms with Gasteiger partial charge in [0.05, 0.1) is 30.0 Å². The lowest BCUT2D eigenvalue weighted by Gasteiger charge is -2.18. The second-order valence-corrected chi connectivity index (χ2v) is 7.67. The number of carboxylic acid groups (broad SMARTS) is 1. The first-order valence-corrected chi connectivity index (χ1v) is 10.7.